The Labute approximate surface area is 242 Å². The molecule has 0 bridgehead atoms. The highest BCUT2D eigenvalue weighted by atomic mass is 16.6. The van der Waals surface area contributed by atoms with Crippen molar-refractivity contribution in [1.82, 2.24) is 0 Å². The van der Waals surface area contributed by atoms with Crippen LogP contribution in [0.4, 0.5) is 0 Å². The molecule has 0 spiro atoms. The van der Waals surface area contributed by atoms with Gasteiger partial charge in [0.1, 0.15) is 19.3 Å². The van der Waals surface area contributed by atoms with Gasteiger partial charge in [-0.3, -0.25) is 9.59 Å². The summed E-state index contributed by atoms with van der Waals surface area (Å²) in [6.45, 7) is 4.29. The van der Waals surface area contributed by atoms with Crippen LogP contribution >= 0.6 is 0 Å². The van der Waals surface area contributed by atoms with Gasteiger partial charge >= 0.3 is 11.9 Å². The monoisotopic (exact) mass is 554 g/mol. The van der Waals surface area contributed by atoms with E-state index in [1.54, 1.807) is 0 Å². The summed E-state index contributed by atoms with van der Waals surface area (Å²) in [5.41, 5.74) is 0. The van der Waals surface area contributed by atoms with Gasteiger partial charge in [-0.05, 0) is 12.8 Å². The van der Waals surface area contributed by atoms with E-state index in [4.69, 9.17) is 9.47 Å². The quantitative estimate of drug-likeness (QED) is 0.0681. The fourth-order valence-corrected chi connectivity index (χ4v) is 4.97. The zero-order chi connectivity index (χ0) is 28.7. The third-order valence-electron chi connectivity index (χ3n) is 7.59. The number of carbonyl (C=O) groups excluding carboxylic acids is 2. The van der Waals surface area contributed by atoms with E-state index < -0.39 is 6.10 Å². The predicted molar refractivity (Wildman–Crippen MR) is 164 cm³/mol. The number of aliphatic hydroxyl groups excluding tert-OH is 1. The second kappa shape index (κ2) is 31.4. The average molecular weight is 555 g/mol. The molecule has 39 heavy (non-hydrogen) atoms. The minimum Gasteiger partial charge on any atom is -0.463 e. The molecule has 0 amide bonds. The molecule has 0 aliphatic carbocycles. The van der Waals surface area contributed by atoms with E-state index in [-0.39, 0.29) is 25.2 Å². The van der Waals surface area contributed by atoms with Crippen molar-refractivity contribution in [2.24, 2.45) is 0 Å². The van der Waals surface area contributed by atoms with Crippen molar-refractivity contribution in [3.8, 4) is 0 Å². The Morgan fingerprint density at radius 2 is 0.667 bits per heavy atom. The fraction of sp³-hybridized carbons (Fsp3) is 0.941. The van der Waals surface area contributed by atoms with Crippen LogP contribution in [0.1, 0.15) is 187 Å². The molecule has 0 fully saturated rings. The smallest absolute Gasteiger partial charge is 0.305 e. The van der Waals surface area contributed by atoms with Crippen LogP contribution in [0.3, 0.4) is 0 Å². The Morgan fingerprint density at radius 1 is 0.436 bits per heavy atom. The van der Waals surface area contributed by atoms with E-state index in [1.807, 2.05) is 0 Å². The minimum atomic E-state index is -0.952. The first-order valence-corrected chi connectivity index (χ1v) is 17.1. The molecule has 0 aromatic carbocycles. The van der Waals surface area contributed by atoms with Crippen molar-refractivity contribution >= 4 is 11.9 Å². The van der Waals surface area contributed by atoms with E-state index in [9.17, 15) is 14.7 Å². The zero-order valence-electron chi connectivity index (χ0n) is 26.2. The number of ether oxygens (including phenoxy) is 2. The Kier molecular flexibility index (Phi) is 30.5. The predicted octanol–water partition coefficient (Wildman–Crippen LogP) is 10.0. The van der Waals surface area contributed by atoms with Gasteiger partial charge in [-0.1, -0.05) is 162 Å². The van der Waals surface area contributed by atoms with E-state index >= 15 is 0 Å². The standard InChI is InChI=1S/C34H66O5/c1-3-5-7-9-11-13-15-16-17-18-19-21-23-25-27-29-34(37)39-31-32(35)30-38-33(36)28-26-24-22-20-14-12-10-8-6-4-2/h32,35H,3-31H2,1-2H3/t32-/m0/s1. The zero-order valence-corrected chi connectivity index (χ0v) is 26.2. The molecule has 0 saturated carbocycles. The normalized spacial score (nSPS) is 12.0. The molecular formula is C34H66O5. The number of esters is 2. The third-order valence-corrected chi connectivity index (χ3v) is 7.59. The van der Waals surface area contributed by atoms with Gasteiger partial charge in [0.05, 0.1) is 0 Å². The summed E-state index contributed by atoms with van der Waals surface area (Å²) in [7, 11) is 0. The van der Waals surface area contributed by atoms with Gasteiger partial charge < -0.3 is 14.6 Å². The summed E-state index contributed by atoms with van der Waals surface area (Å²) < 4.78 is 10.3. The van der Waals surface area contributed by atoms with E-state index in [2.05, 4.69) is 13.8 Å². The van der Waals surface area contributed by atoms with Crippen LogP contribution in [-0.4, -0.2) is 36.4 Å². The maximum Gasteiger partial charge on any atom is 0.305 e. The summed E-state index contributed by atoms with van der Waals surface area (Å²) in [6.07, 6.45) is 31.5. The van der Waals surface area contributed by atoms with Crippen LogP contribution in [0.5, 0.6) is 0 Å². The van der Waals surface area contributed by atoms with Crippen LogP contribution in [0, 0.1) is 0 Å². The molecular weight excluding hydrogens is 488 g/mol. The Balaban J connectivity index is 3.39. The van der Waals surface area contributed by atoms with Gasteiger partial charge in [0.25, 0.3) is 0 Å². The van der Waals surface area contributed by atoms with Gasteiger partial charge in [-0.2, -0.15) is 0 Å². The first-order chi connectivity index (χ1) is 19.1. The molecule has 1 atom stereocenters. The second-order valence-corrected chi connectivity index (χ2v) is 11.7. The highest BCUT2D eigenvalue weighted by Gasteiger charge is 2.12. The minimum absolute atomic E-state index is 0.108. The Hall–Kier alpha value is -1.10. The Morgan fingerprint density at radius 3 is 0.923 bits per heavy atom. The molecule has 0 aromatic rings. The molecule has 232 valence electrons. The summed E-state index contributed by atoms with van der Waals surface area (Å²) in [5.74, 6) is -0.557. The van der Waals surface area contributed by atoms with Crippen molar-refractivity contribution in [2.75, 3.05) is 13.2 Å². The molecule has 0 aliphatic rings. The highest BCUT2D eigenvalue weighted by Crippen LogP contribution is 2.14. The lowest BCUT2D eigenvalue weighted by molar-refractivity contribution is -0.152. The summed E-state index contributed by atoms with van der Waals surface area (Å²) in [4.78, 5) is 23.7. The van der Waals surface area contributed by atoms with Gasteiger partial charge in [0.2, 0.25) is 0 Å². The van der Waals surface area contributed by atoms with Crippen LogP contribution in [-0.2, 0) is 19.1 Å². The van der Waals surface area contributed by atoms with Gasteiger partial charge in [0.15, 0.2) is 0 Å². The number of aliphatic hydroxyl groups is 1. The van der Waals surface area contributed by atoms with Crippen molar-refractivity contribution in [2.45, 2.75) is 193 Å². The molecule has 0 heterocycles. The maximum absolute atomic E-state index is 11.9. The topological polar surface area (TPSA) is 72.8 Å². The van der Waals surface area contributed by atoms with Crippen LogP contribution in [0.2, 0.25) is 0 Å². The molecule has 0 rings (SSSR count). The molecule has 0 aliphatic heterocycles. The summed E-state index contributed by atoms with van der Waals surface area (Å²) in [6, 6.07) is 0. The van der Waals surface area contributed by atoms with E-state index in [1.165, 1.54) is 135 Å². The second-order valence-electron chi connectivity index (χ2n) is 11.7. The number of rotatable bonds is 31. The molecule has 0 saturated heterocycles. The summed E-state index contributed by atoms with van der Waals surface area (Å²) in [5, 5.41) is 9.94. The highest BCUT2D eigenvalue weighted by molar-refractivity contribution is 5.69. The molecule has 5 heteroatoms. The van der Waals surface area contributed by atoms with Crippen LogP contribution < -0.4 is 0 Å². The molecule has 5 nitrogen and oxygen atoms in total. The van der Waals surface area contributed by atoms with Crippen molar-refractivity contribution < 1.29 is 24.2 Å². The van der Waals surface area contributed by atoms with Gasteiger partial charge in [-0.15, -0.1) is 0 Å². The first kappa shape index (κ1) is 37.9. The lowest BCUT2D eigenvalue weighted by Gasteiger charge is -2.12. The first-order valence-electron chi connectivity index (χ1n) is 17.1. The van der Waals surface area contributed by atoms with Crippen LogP contribution in [0.25, 0.3) is 0 Å². The molecule has 1 N–H and O–H groups in total. The third kappa shape index (κ3) is 31.3. The van der Waals surface area contributed by atoms with E-state index in [0.29, 0.717) is 12.8 Å². The largest absolute Gasteiger partial charge is 0.463 e. The lowest BCUT2D eigenvalue weighted by atomic mass is 10.0. The number of unbranched alkanes of at least 4 members (excludes halogenated alkanes) is 23. The SMILES string of the molecule is CCCCCCCCCCCCCCCCCC(=O)OC[C@@H](O)COC(=O)CCCCCCCCCCCC. The van der Waals surface area contributed by atoms with Gasteiger partial charge in [-0.25, -0.2) is 0 Å². The van der Waals surface area contributed by atoms with Crippen molar-refractivity contribution in [3.63, 3.8) is 0 Å². The molecule has 0 unspecified atom stereocenters. The average Bonchev–Trinajstić information content (AvgIpc) is 2.93. The maximum atomic E-state index is 11.9. The summed E-state index contributed by atoms with van der Waals surface area (Å²) >= 11 is 0. The number of hydrogen-bond acceptors (Lipinski definition) is 5. The molecule has 0 radical (unpaired) electrons. The van der Waals surface area contributed by atoms with Crippen molar-refractivity contribution in [1.29, 1.82) is 0 Å². The molecule has 0 aromatic heterocycles. The fourth-order valence-electron chi connectivity index (χ4n) is 4.97. The van der Waals surface area contributed by atoms with Crippen molar-refractivity contribution in [3.05, 3.63) is 0 Å². The van der Waals surface area contributed by atoms with Gasteiger partial charge in [0, 0.05) is 12.8 Å². The van der Waals surface area contributed by atoms with Crippen LogP contribution in [0.15, 0.2) is 0 Å². The van der Waals surface area contributed by atoms with E-state index in [0.717, 1.165) is 25.7 Å². The number of hydrogen-bond donors (Lipinski definition) is 1. The lowest BCUT2D eigenvalue weighted by Crippen LogP contribution is -2.25. The number of carbonyl (C=O) groups is 2. The Bertz CT molecular complexity index is 522.